The predicted octanol–water partition coefficient (Wildman–Crippen LogP) is 1.70. The Balaban J connectivity index is 1.89. The number of nitrogens with zero attached hydrogens (tertiary/aromatic N) is 2. The number of piperidine rings is 1. The molecule has 2 aliphatic rings. The lowest BCUT2D eigenvalue weighted by Crippen LogP contribution is -2.32. The molecule has 0 radical (unpaired) electrons. The zero-order chi connectivity index (χ0) is 11.1. The molecule has 1 saturated heterocycles. The third kappa shape index (κ3) is 1.57. The minimum absolute atomic E-state index is 0.381. The second-order valence-corrected chi connectivity index (χ2v) is 5.17. The summed E-state index contributed by atoms with van der Waals surface area (Å²) >= 11 is 4.96. The molecule has 2 N–H and O–H groups in total. The summed E-state index contributed by atoms with van der Waals surface area (Å²) < 4.78 is 0. The average Bonchev–Trinajstić information content (AvgIpc) is 2.91. The standard InChI is InChI=1S/C12H15N3S/c13-12(16)10-2-1-3-11(14-10)15-7-8-4-5-9(15)6-8/h1-3,8-9H,4-7H2,(H2,13,16). The van der Waals surface area contributed by atoms with Crippen LogP contribution in [0.4, 0.5) is 5.82 Å². The van der Waals surface area contributed by atoms with Crippen molar-refractivity contribution < 1.29 is 0 Å². The lowest BCUT2D eigenvalue weighted by atomic mass is 10.1. The molecule has 2 atom stereocenters. The number of anilines is 1. The van der Waals surface area contributed by atoms with Crippen LogP contribution in [-0.2, 0) is 0 Å². The molecule has 2 unspecified atom stereocenters. The molecule has 2 fully saturated rings. The fourth-order valence-electron chi connectivity index (χ4n) is 2.93. The third-order valence-corrected chi connectivity index (χ3v) is 3.90. The van der Waals surface area contributed by atoms with E-state index in [4.69, 9.17) is 18.0 Å². The van der Waals surface area contributed by atoms with E-state index in [2.05, 4.69) is 16.0 Å². The van der Waals surface area contributed by atoms with Crippen molar-refractivity contribution in [2.75, 3.05) is 11.4 Å². The number of thiocarbonyl (C=S) groups is 1. The van der Waals surface area contributed by atoms with Gasteiger partial charge in [0, 0.05) is 12.6 Å². The third-order valence-electron chi connectivity index (χ3n) is 3.69. The summed E-state index contributed by atoms with van der Waals surface area (Å²) in [7, 11) is 0. The summed E-state index contributed by atoms with van der Waals surface area (Å²) in [6.07, 6.45) is 4.03. The van der Waals surface area contributed by atoms with Crippen molar-refractivity contribution in [2.45, 2.75) is 25.3 Å². The van der Waals surface area contributed by atoms with E-state index in [0.29, 0.717) is 11.0 Å². The van der Waals surface area contributed by atoms with E-state index in [0.717, 1.165) is 24.0 Å². The van der Waals surface area contributed by atoms with E-state index in [-0.39, 0.29) is 0 Å². The fourth-order valence-corrected chi connectivity index (χ4v) is 3.04. The molecule has 3 rings (SSSR count). The van der Waals surface area contributed by atoms with Gasteiger partial charge in [-0.15, -0.1) is 0 Å². The fraction of sp³-hybridized carbons (Fsp3) is 0.500. The monoisotopic (exact) mass is 233 g/mol. The number of aromatic nitrogens is 1. The van der Waals surface area contributed by atoms with E-state index in [1.807, 2.05) is 12.1 Å². The molecule has 84 valence electrons. The molecule has 16 heavy (non-hydrogen) atoms. The van der Waals surface area contributed by atoms with Gasteiger partial charge in [0.1, 0.15) is 10.8 Å². The van der Waals surface area contributed by atoms with E-state index >= 15 is 0 Å². The SMILES string of the molecule is NC(=S)c1cccc(N2CC3CCC2C3)n1. The summed E-state index contributed by atoms with van der Waals surface area (Å²) in [5, 5.41) is 0. The molecule has 1 aliphatic carbocycles. The van der Waals surface area contributed by atoms with E-state index < -0.39 is 0 Å². The number of rotatable bonds is 2. The van der Waals surface area contributed by atoms with Gasteiger partial charge in [-0.25, -0.2) is 4.98 Å². The summed E-state index contributed by atoms with van der Waals surface area (Å²) in [4.78, 5) is 7.33. The molecule has 3 nitrogen and oxygen atoms in total. The number of fused-ring (bicyclic) bond motifs is 2. The van der Waals surface area contributed by atoms with Crippen LogP contribution in [0.1, 0.15) is 25.0 Å². The van der Waals surface area contributed by atoms with Gasteiger partial charge in [-0.3, -0.25) is 0 Å². The second-order valence-electron chi connectivity index (χ2n) is 4.73. The van der Waals surface area contributed by atoms with Crippen molar-refractivity contribution in [3.8, 4) is 0 Å². The Bertz CT molecular complexity index is 432. The number of nitrogens with two attached hydrogens (primary N) is 1. The first-order chi connectivity index (χ1) is 7.74. The first-order valence-electron chi connectivity index (χ1n) is 5.77. The minimum atomic E-state index is 0.381. The molecule has 1 aromatic heterocycles. The molecular formula is C12H15N3S. The normalized spacial score (nSPS) is 27.4. The number of pyridine rings is 1. The molecule has 0 amide bonds. The Hall–Kier alpha value is -1.16. The highest BCUT2D eigenvalue weighted by molar-refractivity contribution is 7.80. The van der Waals surface area contributed by atoms with Gasteiger partial charge in [-0.05, 0) is 37.3 Å². The largest absolute Gasteiger partial charge is 0.388 e. The Morgan fingerprint density at radius 2 is 2.31 bits per heavy atom. The van der Waals surface area contributed by atoms with Crippen LogP contribution < -0.4 is 10.6 Å². The van der Waals surface area contributed by atoms with E-state index in [9.17, 15) is 0 Å². The van der Waals surface area contributed by atoms with Crippen LogP contribution in [-0.4, -0.2) is 22.6 Å². The maximum Gasteiger partial charge on any atom is 0.129 e. The topological polar surface area (TPSA) is 42.1 Å². The zero-order valence-electron chi connectivity index (χ0n) is 9.10. The first kappa shape index (κ1) is 10.0. The molecule has 0 aromatic carbocycles. The van der Waals surface area contributed by atoms with Crippen molar-refractivity contribution in [1.82, 2.24) is 4.98 Å². The van der Waals surface area contributed by atoms with Crippen LogP contribution in [0, 0.1) is 5.92 Å². The van der Waals surface area contributed by atoms with Crippen molar-refractivity contribution in [1.29, 1.82) is 0 Å². The van der Waals surface area contributed by atoms with Gasteiger partial charge in [0.05, 0.1) is 5.69 Å². The van der Waals surface area contributed by atoms with Gasteiger partial charge < -0.3 is 10.6 Å². The number of hydrogen-bond donors (Lipinski definition) is 1. The Morgan fingerprint density at radius 1 is 1.44 bits per heavy atom. The van der Waals surface area contributed by atoms with Gasteiger partial charge >= 0.3 is 0 Å². The Morgan fingerprint density at radius 3 is 2.94 bits per heavy atom. The molecule has 2 heterocycles. The van der Waals surface area contributed by atoms with Crippen molar-refractivity contribution in [2.24, 2.45) is 11.7 Å². The lowest BCUT2D eigenvalue weighted by molar-refractivity contribution is 0.550. The molecule has 4 heteroatoms. The first-order valence-corrected chi connectivity index (χ1v) is 6.18. The Kier molecular flexibility index (Phi) is 2.32. The van der Waals surface area contributed by atoms with Crippen LogP contribution in [0.25, 0.3) is 0 Å². The van der Waals surface area contributed by atoms with Gasteiger partial charge in [0.2, 0.25) is 0 Å². The molecule has 1 aromatic rings. The van der Waals surface area contributed by atoms with Crippen molar-refractivity contribution >= 4 is 23.0 Å². The molecule has 2 bridgehead atoms. The minimum Gasteiger partial charge on any atom is -0.388 e. The summed E-state index contributed by atoms with van der Waals surface area (Å²) in [5.74, 6) is 1.91. The highest BCUT2D eigenvalue weighted by Gasteiger charge is 2.38. The molecule has 0 spiro atoms. The summed E-state index contributed by atoms with van der Waals surface area (Å²) in [6, 6.07) is 6.62. The smallest absolute Gasteiger partial charge is 0.129 e. The summed E-state index contributed by atoms with van der Waals surface area (Å²) in [5.41, 5.74) is 6.34. The average molecular weight is 233 g/mol. The van der Waals surface area contributed by atoms with Gasteiger partial charge in [0.15, 0.2) is 0 Å². The second kappa shape index (κ2) is 3.70. The van der Waals surface area contributed by atoms with Crippen LogP contribution in [0.3, 0.4) is 0 Å². The maximum atomic E-state index is 5.61. The van der Waals surface area contributed by atoms with Crippen molar-refractivity contribution in [3.63, 3.8) is 0 Å². The van der Waals surface area contributed by atoms with Crippen LogP contribution in [0.2, 0.25) is 0 Å². The van der Waals surface area contributed by atoms with Crippen LogP contribution in [0.15, 0.2) is 18.2 Å². The van der Waals surface area contributed by atoms with E-state index in [1.54, 1.807) is 0 Å². The predicted molar refractivity (Wildman–Crippen MR) is 68.6 cm³/mol. The van der Waals surface area contributed by atoms with Crippen molar-refractivity contribution in [3.05, 3.63) is 23.9 Å². The maximum absolute atomic E-state index is 5.61. The van der Waals surface area contributed by atoms with Gasteiger partial charge in [0.25, 0.3) is 0 Å². The quantitative estimate of drug-likeness (QED) is 0.790. The van der Waals surface area contributed by atoms with Crippen LogP contribution in [0.5, 0.6) is 0 Å². The molecule has 1 saturated carbocycles. The van der Waals surface area contributed by atoms with Gasteiger partial charge in [-0.1, -0.05) is 18.3 Å². The lowest BCUT2D eigenvalue weighted by Gasteiger charge is -2.28. The summed E-state index contributed by atoms with van der Waals surface area (Å²) in [6.45, 7) is 1.15. The highest BCUT2D eigenvalue weighted by Crippen LogP contribution is 2.39. The molecular weight excluding hydrogens is 218 g/mol. The van der Waals surface area contributed by atoms with Crippen LogP contribution >= 0.6 is 12.2 Å². The van der Waals surface area contributed by atoms with E-state index in [1.165, 1.54) is 19.3 Å². The molecule has 1 aliphatic heterocycles. The highest BCUT2D eigenvalue weighted by atomic mass is 32.1. The number of hydrogen-bond acceptors (Lipinski definition) is 3. The zero-order valence-corrected chi connectivity index (χ0v) is 9.91. The van der Waals surface area contributed by atoms with Gasteiger partial charge in [-0.2, -0.15) is 0 Å². The Labute approximate surface area is 101 Å².